The summed E-state index contributed by atoms with van der Waals surface area (Å²) in [5.41, 5.74) is 0.403. The van der Waals surface area contributed by atoms with Crippen LogP contribution in [0, 0.1) is 0 Å². The SMILES string of the molecule is O=[11C](O)C(O)c1ccccc1. The van der Waals surface area contributed by atoms with Crippen LogP contribution in [0.15, 0.2) is 30.3 Å². The van der Waals surface area contributed by atoms with Crippen LogP contribution in [0.25, 0.3) is 0 Å². The van der Waals surface area contributed by atoms with Crippen LogP contribution < -0.4 is 0 Å². The van der Waals surface area contributed by atoms with Gasteiger partial charge in [0.15, 0.2) is 6.10 Å². The van der Waals surface area contributed by atoms with Gasteiger partial charge in [0.1, 0.15) is 0 Å². The highest BCUT2D eigenvalue weighted by molar-refractivity contribution is 5.73. The lowest BCUT2D eigenvalue weighted by molar-refractivity contribution is -0.146. The molecule has 1 atom stereocenters. The molecular weight excluding hydrogens is 143 g/mol. The highest BCUT2D eigenvalue weighted by Gasteiger charge is 2.14. The van der Waals surface area contributed by atoms with Crippen LogP contribution in [0.1, 0.15) is 11.7 Å². The number of rotatable bonds is 2. The van der Waals surface area contributed by atoms with Crippen LogP contribution in [-0.4, -0.2) is 16.2 Å². The van der Waals surface area contributed by atoms with Crippen LogP contribution in [0.2, 0.25) is 0 Å². The number of benzene rings is 1. The molecule has 2 N–H and O–H groups in total. The van der Waals surface area contributed by atoms with E-state index in [2.05, 4.69) is 0 Å². The maximum Gasteiger partial charge on any atom is 0.337 e. The average molecular weight is 151 g/mol. The molecule has 0 aromatic heterocycles. The molecule has 0 saturated heterocycles. The van der Waals surface area contributed by atoms with E-state index in [-0.39, 0.29) is 0 Å². The third-order valence-corrected chi connectivity index (χ3v) is 1.35. The van der Waals surface area contributed by atoms with E-state index in [0.717, 1.165) is 0 Å². The normalized spacial score (nSPS) is 12.5. The van der Waals surface area contributed by atoms with Gasteiger partial charge in [-0.05, 0) is 5.56 Å². The molecule has 0 aliphatic rings. The zero-order valence-electron chi connectivity index (χ0n) is 5.77. The first-order valence-corrected chi connectivity index (χ1v) is 3.17. The second-order valence-electron chi connectivity index (χ2n) is 2.15. The maximum absolute atomic E-state index is 10.2. The van der Waals surface area contributed by atoms with Gasteiger partial charge >= 0.3 is 5.97 Å². The summed E-state index contributed by atoms with van der Waals surface area (Å²) >= 11 is 0. The van der Waals surface area contributed by atoms with Crippen LogP contribution >= 0.6 is 0 Å². The van der Waals surface area contributed by atoms with Crippen LogP contribution in [0.4, 0.5) is 0 Å². The van der Waals surface area contributed by atoms with Gasteiger partial charge in [-0.1, -0.05) is 30.3 Å². The van der Waals surface area contributed by atoms with E-state index < -0.39 is 12.1 Å². The lowest BCUT2D eigenvalue weighted by Gasteiger charge is -2.03. The molecule has 0 radical (unpaired) electrons. The van der Waals surface area contributed by atoms with Crippen molar-refractivity contribution in [3.05, 3.63) is 35.9 Å². The summed E-state index contributed by atoms with van der Waals surface area (Å²) in [5.74, 6) is -1.23. The molecule has 0 spiro atoms. The van der Waals surface area contributed by atoms with E-state index >= 15 is 0 Å². The van der Waals surface area contributed by atoms with Crippen molar-refractivity contribution in [2.45, 2.75) is 6.10 Å². The third kappa shape index (κ3) is 1.78. The van der Waals surface area contributed by atoms with Crippen LogP contribution in [0.3, 0.4) is 0 Å². The van der Waals surface area contributed by atoms with Crippen molar-refractivity contribution in [2.75, 3.05) is 0 Å². The van der Waals surface area contributed by atoms with Crippen LogP contribution in [0.5, 0.6) is 0 Å². The first-order chi connectivity index (χ1) is 5.22. The molecular formula is C8H8O3. The van der Waals surface area contributed by atoms with E-state index in [9.17, 15) is 4.79 Å². The lowest BCUT2D eigenvalue weighted by Crippen LogP contribution is -2.09. The largest absolute Gasteiger partial charge is 0.479 e. The molecule has 0 saturated carbocycles. The minimum atomic E-state index is -1.41. The van der Waals surface area contributed by atoms with E-state index in [1.807, 2.05) is 0 Å². The van der Waals surface area contributed by atoms with Crippen molar-refractivity contribution in [1.29, 1.82) is 0 Å². The molecule has 0 heterocycles. The van der Waals surface area contributed by atoms with Crippen molar-refractivity contribution in [3.8, 4) is 0 Å². The Balaban J connectivity index is 2.85. The van der Waals surface area contributed by atoms with Gasteiger partial charge in [-0.3, -0.25) is 0 Å². The number of hydrogen-bond donors (Lipinski definition) is 2. The second-order valence-corrected chi connectivity index (χ2v) is 2.15. The highest BCUT2D eigenvalue weighted by Crippen LogP contribution is 2.10. The topological polar surface area (TPSA) is 57.5 Å². The predicted octanol–water partition coefficient (Wildman–Crippen LogP) is 0.805. The molecule has 1 rings (SSSR count). The molecule has 1 unspecified atom stereocenters. The van der Waals surface area contributed by atoms with Crippen molar-refractivity contribution < 1.29 is 15.0 Å². The minimum absolute atomic E-state index is 0.403. The fourth-order valence-electron chi connectivity index (χ4n) is 0.778. The second kappa shape index (κ2) is 3.16. The zero-order valence-corrected chi connectivity index (χ0v) is 5.77. The minimum Gasteiger partial charge on any atom is -0.479 e. The highest BCUT2D eigenvalue weighted by atomic mass is 16.3. The van der Waals surface area contributed by atoms with E-state index in [1.165, 1.54) is 0 Å². The number of carboxylic acids is 1. The number of aliphatic hydroxyl groups is 1. The summed E-state index contributed by atoms with van der Waals surface area (Å²) in [6, 6.07) is 8.26. The van der Waals surface area contributed by atoms with Crippen LogP contribution in [-0.2, 0) is 4.79 Å². The van der Waals surface area contributed by atoms with Gasteiger partial charge in [-0.25, -0.2) is 4.79 Å². The van der Waals surface area contributed by atoms with Crippen molar-refractivity contribution in [1.82, 2.24) is 0 Å². The number of aliphatic hydroxyl groups excluding tert-OH is 1. The van der Waals surface area contributed by atoms with Gasteiger partial charge in [-0.2, -0.15) is 0 Å². The Morgan fingerprint density at radius 3 is 2.27 bits per heavy atom. The van der Waals surface area contributed by atoms with Gasteiger partial charge < -0.3 is 10.2 Å². The van der Waals surface area contributed by atoms with Gasteiger partial charge in [-0.15, -0.1) is 0 Å². The third-order valence-electron chi connectivity index (χ3n) is 1.35. The smallest absolute Gasteiger partial charge is 0.337 e. The molecule has 3 nitrogen and oxygen atoms in total. The molecule has 11 heavy (non-hydrogen) atoms. The van der Waals surface area contributed by atoms with E-state index in [0.29, 0.717) is 5.56 Å². The summed E-state index contributed by atoms with van der Waals surface area (Å²) in [6.45, 7) is 0. The van der Waals surface area contributed by atoms with Crippen molar-refractivity contribution in [3.63, 3.8) is 0 Å². The van der Waals surface area contributed by atoms with Gasteiger partial charge in [0.25, 0.3) is 0 Å². The fourth-order valence-corrected chi connectivity index (χ4v) is 0.778. The Morgan fingerprint density at radius 2 is 1.82 bits per heavy atom. The molecule has 1 aromatic rings. The fraction of sp³-hybridized carbons (Fsp3) is 0.125. The zero-order chi connectivity index (χ0) is 8.27. The number of hydrogen-bond acceptors (Lipinski definition) is 2. The van der Waals surface area contributed by atoms with E-state index in [1.54, 1.807) is 30.3 Å². The monoisotopic (exact) mass is 151 g/mol. The molecule has 0 amide bonds. The number of carboxylic acid groups (broad SMARTS) is 1. The summed E-state index contributed by atoms with van der Waals surface area (Å²) in [5, 5.41) is 17.4. The summed E-state index contributed by atoms with van der Waals surface area (Å²) in [7, 11) is 0. The van der Waals surface area contributed by atoms with Gasteiger partial charge in [0.2, 0.25) is 0 Å². The summed E-state index contributed by atoms with van der Waals surface area (Å²) in [6.07, 6.45) is -1.41. The average Bonchev–Trinajstić information content (AvgIpc) is 2.05. The quantitative estimate of drug-likeness (QED) is 0.657. The Morgan fingerprint density at radius 1 is 1.27 bits per heavy atom. The Labute approximate surface area is 63.9 Å². The van der Waals surface area contributed by atoms with Crippen molar-refractivity contribution >= 4 is 5.97 Å². The van der Waals surface area contributed by atoms with Crippen molar-refractivity contribution in [2.24, 2.45) is 0 Å². The maximum atomic E-state index is 10.2. The molecule has 58 valence electrons. The molecule has 0 aliphatic heterocycles. The summed E-state index contributed by atoms with van der Waals surface area (Å²) < 4.78 is 0. The molecule has 1 aromatic carbocycles. The van der Waals surface area contributed by atoms with Gasteiger partial charge in [0.05, 0.1) is 0 Å². The van der Waals surface area contributed by atoms with E-state index in [4.69, 9.17) is 10.2 Å². The Bertz CT molecular complexity index is 243. The Kier molecular flexibility index (Phi) is 2.23. The van der Waals surface area contributed by atoms with Gasteiger partial charge in [0, 0.05) is 0 Å². The molecule has 0 bridgehead atoms. The molecule has 3 heteroatoms. The molecule has 0 fully saturated rings. The Hall–Kier alpha value is -1.35. The standard InChI is InChI=1S/C8H8O3/c9-7(8(10)11)6-4-2-1-3-5-6/h1-5,7,9H,(H,10,11)/i8-1. The number of aliphatic carboxylic acids is 1. The first kappa shape index (κ1) is 7.75. The lowest BCUT2D eigenvalue weighted by atomic mass is 9.91. The molecule has 0 aliphatic carbocycles. The predicted molar refractivity (Wildman–Crippen MR) is 39.0 cm³/mol. The first-order valence-electron chi connectivity index (χ1n) is 3.17. The number of carbonyl (C=O) groups is 1. The summed E-state index contributed by atoms with van der Waals surface area (Å²) in [4.78, 5) is 10.2.